The highest BCUT2D eigenvalue weighted by Crippen LogP contribution is 2.32. The molecule has 122 valence electrons. The van der Waals surface area contributed by atoms with Gasteiger partial charge in [0.1, 0.15) is 17.1 Å². The number of nitrogens with one attached hydrogen (secondary N) is 1. The van der Waals surface area contributed by atoms with Gasteiger partial charge in [-0.2, -0.15) is 0 Å². The minimum absolute atomic E-state index is 0.0113. The number of benzene rings is 1. The van der Waals surface area contributed by atoms with Crippen LogP contribution in [0, 0.1) is 3.57 Å². The summed E-state index contributed by atoms with van der Waals surface area (Å²) in [4.78, 5) is 14.9. The molecule has 0 spiro atoms. The van der Waals surface area contributed by atoms with Crippen molar-refractivity contribution in [3.63, 3.8) is 0 Å². The van der Waals surface area contributed by atoms with Gasteiger partial charge in [-0.1, -0.05) is 6.92 Å². The van der Waals surface area contributed by atoms with E-state index >= 15 is 0 Å². The second-order valence-corrected chi connectivity index (χ2v) is 6.50. The topological polar surface area (TPSA) is 61.8 Å². The Bertz CT molecular complexity index is 536. The standard InChI is InChI=1S/C16H23IN2O3/c1-3-19-9-5-6-11(19)10-18-16(21)14-13(22-4-2)8-7-12(17)15(14)20/h7-8,11,20H,3-6,9-10H2,1-2H3,(H,18,21). The van der Waals surface area contributed by atoms with E-state index in [1.165, 1.54) is 6.42 Å². The molecule has 0 saturated carbocycles. The van der Waals surface area contributed by atoms with Gasteiger partial charge in [-0.25, -0.2) is 0 Å². The third-order valence-electron chi connectivity index (χ3n) is 4.02. The van der Waals surface area contributed by atoms with E-state index in [4.69, 9.17) is 4.74 Å². The molecule has 1 saturated heterocycles. The predicted octanol–water partition coefficient (Wildman–Crippen LogP) is 2.61. The van der Waals surface area contributed by atoms with E-state index in [9.17, 15) is 9.90 Å². The number of halogens is 1. The molecule has 1 heterocycles. The lowest BCUT2D eigenvalue weighted by Gasteiger charge is -2.23. The van der Waals surface area contributed by atoms with Gasteiger partial charge in [0, 0.05) is 12.6 Å². The molecular weight excluding hydrogens is 395 g/mol. The SMILES string of the molecule is CCOc1ccc(I)c(O)c1C(=O)NCC1CCCN1CC. The first kappa shape index (κ1) is 17.3. The van der Waals surface area contributed by atoms with Crippen LogP contribution in [0.4, 0.5) is 0 Å². The molecule has 6 heteroatoms. The summed E-state index contributed by atoms with van der Waals surface area (Å²) in [5.74, 6) is 0.141. The molecular formula is C16H23IN2O3. The largest absolute Gasteiger partial charge is 0.506 e. The molecule has 22 heavy (non-hydrogen) atoms. The predicted molar refractivity (Wildman–Crippen MR) is 94.6 cm³/mol. The Balaban J connectivity index is 2.10. The summed E-state index contributed by atoms with van der Waals surface area (Å²) in [6.45, 7) is 7.14. The summed E-state index contributed by atoms with van der Waals surface area (Å²) in [5, 5.41) is 13.2. The highest BCUT2D eigenvalue weighted by atomic mass is 127. The highest BCUT2D eigenvalue weighted by Gasteiger charge is 2.25. The molecule has 1 aliphatic heterocycles. The molecule has 2 rings (SSSR count). The molecule has 2 N–H and O–H groups in total. The second kappa shape index (κ2) is 8.01. The number of likely N-dealkylation sites (tertiary alicyclic amines) is 1. The number of aromatic hydroxyl groups is 1. The third-order valence-corrected chi connectivity index (χ3v) is 4.89. The molecule has 1 aromatic rings. The van der Waals surface area contributed by atoms with Gasteiger partial charge in [0.2, 0.25) is 0 Å². The molecule has 0 radical (unpaired) electrons. The van der Waals surface area contributed by atoms with Crippen molar-refractivity contribution in [2.75, 3.05) is 26.2 Å². The summed E-state index contributed by atoms with van der Waals surface area (Å²) >= 11 is 2.01. The first-order valence-electron chi connectivity index (χ1n) is 7.75. The van der Waals surface area contributed by atoms with Crippen LogP contribution in [-0.2, 0) is 0 Å². The Kier molecular flexibility index (Phi) is 6.31. The number of ether oxygens (including phenoxy) is 1. The maximum atomic E-state index is 12.5. The zero-order chi connectivity index (χ0) is 16.1. The fourth-order valence-corrected chi connectivity index (χ4v) is 3.33. The van der Waals surface area contributed by atoms with Gasteiger partial charge < -0.3 is 15.2 Å². The van der Waals surface area contributed by atoms with Gasteiger partial charge in [-0.15, -0.1) is 0 Å². The van der Waals surface area contributed by atoms with Crippen molar-refractivity contribution in [2.24, 2.45) is 0 Å². The van der Waals surface area contributed by atoms with E-state index in [1.54, 1.807) is 12.1 Å². The first-order chi connectivity index (χ1) is 10.6. The lowest BCUT2D eigenvalue weighted by atomic mass is 10.1. The quantitative estimate of drug-likeness (QED) is 0.698. The number of amides is 1. The third kappa shape index (κ3) is 3.84. The van der Waals surface area contributed by atoms with Crippen LogP contribution in [0.25, 0.3) is 0 Å². The molecule has 0 bridgehead atoms. The number of likely N-dealkylation sites (N-methyl/N-ethyl adjacent to an activating group) is 1. The van der Waals surface area contributed by atoms with E-state index in [0.29, 0.717) is 28.5 Å². The Hall–Kier alpha value is -1.02. The molecule has 1 atom stereocenters. The number of phenols is 1. The van der Waals surface area contributed by atoms with Gasteiger partial charge in [-0.3, -0.25) is 9.69 Å². The monoisotopic (exact) mass is 418 g/mol. The van der Waals surface area contributed by atoms with Gasteiger partial charge in [0.25, 0.3) is 5.91 Å². The lowest BCUT2D eigenvalue weighted by Crippen LogP contribution is -2.40. The van der Waals surface area contributed by atoms with Crippen molar-refractivity contribution in [3.8, 4) is 11.5 Å². The van der Waals surface area contributed by atoms with E-state index in [0.717, 1.165) is 19.5 Å². The second-order valence-electron chi connectivity index (χ2n) is 5.34. The van der Waals surface area contributed by atoms with Crippen molar-refractivity contribution >= 4 is 28.5 Å². The van der Waals surface area contributed by atoms with Gasteiger partial charge in [0.05, 0.1) is 10.2 Å². The van der Waals surface area contributed by atoms with Gasteiger partial charge in [-0.05, 0) is 67.6 Å². The van der Waals surface area contributed by atoms with Gasteiger partial charge in [0.15, 0.2) is 0 Å². The number of rotatable bonds is 6. The summed E-state index contributed by atoms with van der Waals surface area (Å²) in [6, 6.07) is 3.86. The summed E-state index contributed by atoms with van der Waals surface area (Å²) in [6.07, 6.45) is 2.28. The maximum Gasteiger partial charge on any atom is 0.258 e. The highest BCUT2D eigenvalue weighted by molar-refractivity contribution is 14.1. The Morgan fingerprint density at radius 3 is 2.95 bits per heavy atom. The van der Waals surface area contributed by atoms with Crippen LogP contribution in [0.1, 0.15) is 37.0 Å². The number of carbonyl (C=O) groups is 1. The number of carbonyl (C=O) groups excluding carboxylic acids is 1. The average Bonchev–Trinajstić information content (AvgIpc) is 2.96. The molecule has 1 aromatic carbocycles. The van der Waals surface area contributed by atoms with Crippen molar-refractivity contribution in [1.29, 1.82) is 0 Å². The lowest BCUT2D eigenvalue weighted by molar-refractivity contribution is 0.0934. The number of phenolic OH excluding ortho intramolecular Hbond substituents is 1. The van der Waals surface area contributed by atoms with Crippen molar-refractivity contribution < 1.29 is 14.6 Å². The smallest absolute Gasteiger partial charge is 0.258 e. The van der Waals surface area contributed by atoms with Crippen LogP contribution in [-0.4, -0.2) is 48.2 Å². The van der Waals surface area contributed by atoms with Crippen molar-refractivity contribution in [1.82, 2.24) is 10.2 Å². The molecule has 0 aromatic heterocycles. The summed E-state index contributed by atoms with van der Waals surface area (Å²) in [5.41, 5.74) is 0.231. The first-order valence-corrected chi connectivity index (χ1v) is 8.82. The Labute approximate surface area is 145 Å². The zero-order valence-corrected chi connectivity index (χ0v) is 15.2. The van der Waals surface area contributed by atoms with Crippen LogP contribution in [0.5, 0.6) is 11.5 Å². The molecule has 1 fully saturated rings. The summed E-state index contributed by atoms with van der Waals surface area (Å²) < 4.78 is 6.11. The van der Waals surface area contributed by atoms with Crippen LogP contribution in [0.15, 0.2) is 12.1 Å². The number of hydrogen-bond acceptors (Lipinski definition) is 4. The zero-order valence-electron chi connectivity index (χ0n) is 13.1. The van der Waals surface area contributed by atoms with Crippen LogP contribution in [0.3, 0.4) is 0 Å². The minimum atomic E-state index is -0.276. The summed E-state index contributed by atoms with van der Waals surface area (Å²) in [7, 11) is 0. The van der Waals surface area contributed by atoms with E-state index in [-0.39, 0.29) is 17.2 Å². The Morgan fingerprint density at radius 2 is 2.27 bits per heavy atom. The number of hydrogen-bond donors (Lipinski definition) is 2. The normalized spacial score (nSPS) is 18.4. The van der Waals surface area contributed by atoms with Crippen molar-refractivity contribution in [2.45, 2.75) is 32.7 Å². The fourth-order valence-electron chi connectivity index (χ4n) is 2.88. The molecule has 1 aliphatic rings. The van der Waals surface area contributed by atoms with Gasteiger partial charge >= 0.3 is 0 Å². The average molecular weight is 418 g/mol. The minimum Gasteiger partial charge on any atom is -0.506 e. The molecule has 5 nitrogen and oxygen atoms in total. The molecule has 1 amide bonds. The van der Waals surface area contributed by atoms with Crippen LogP contribution >= 0.6 is 22.6 Å². The number of nitrogens with zero attached hydrogens (tertiary/aromatic N) is 1. The molecule has 1 unspecified atom stereocenters. The Morgan fingerprint density at radius 1 is 1.50 bits per heavy atom. The van der Waals surface area contributed by atoms with E-state index in [1.807, 2.05) is 29.5 Å². The van der Waals surface area contributed by atoms with Crippen molar-refractivity contribution in [3.05, 3.63) is 21.3 Å². The van der Waals surface area contributed by atoms with E-state index in [2.05, 4.69) is 17.1 Å². The maximum absolute atomic E-state index is 12.5. The fraction of sp³-hybridized carbons (Fsp3) is 0.562. The van der Waals surface area contributed by atoms with Crippen LogP contribution in [0.2, 0.25) is 0 Å². The van der Waals surface area contributed by atoms with Crippen LogP contribution < -0.4 is 10.1 Å². The molecule has 0 aliphatic carbocycles. The van der Waals surface area contributed by atoms with E-state index < -0.39 is 0 Å².